The highest BCUT2D eigenvalue weighted by Crippen LogP contribution is 2.27. The lowest BCUT2D eigenvalue weighted by molar-refractivity contribution is 0.0670. The van der Waals surface area contributed by atoms with Crippen LogP contribution in [0.15, 0.2) is 48.9 Å². The van der Waals surface area contributed by atoms with Crippen molar-refractivity contribution < 1.29 is 13.9 Å². The number of nitrogens with zero attached hydrogens (tertiary/aromatic N) is 3. The summed E-state index contributed by atoms with van der Waals surface area (Å²) in [6.45, 7) is 0.663. The Labute approximate surface area is 143 Å². The van der Waals surface area contributed by atoms with E-state index in [0.29, 0.717) is 12.4 Å². The summed E-state index contributed by atoms with van der Waals surface area (Å²) in [6, 6.07) is 7.54. The van der Waals surface area contributed by atoms with E-state index < -0.39 is 0 Å². The summed E-state index contributed by atoms with van der Waals surface area (Å²) in [5.41, 5.74) is 1.09. The van der Waals surface area contributed by atoms with Crippen molar-refractivity contribution in [1.82, 2.24) is 19.7 Å². The van der Waals surface area contributed by atoms with Gasteiger partial charge in [-0.15, -0.1) is 0 Å². The van der Waals surface area contributed by atoms with Crippen molar-refractivity contribution in [2.75, 3.05) is 6.61 Å². The van der Waals surface area contributed by atoms with E-state index in [1.165, 1.54) is 12.1 Å². The number of ether oxygens (including phenoxy) is 1. The van der Waals surface area contributed by atoms with Crippen LogP contribution in [-0.4, -0.2) is 33.0 Å². The average molecular weight is 340 g/mol. The van der Waals surface area contributed by atoms with Gasteiger partial charge in [0, 0.05) is 25.2 Å². The van der Waals surface area contributed by atoms with Gasteiger partial charge in [0.05, 0.1) is 12.1 Å². The molecular weight excluding hydrogens is 323 g/mol. The van der Waals surface area contributed by atoms with Crippen molar-refractivity contribution >= 4 is 11.7 Å². The Morgan fingerprint density at radius 1 is 1.36 bits per heavy atom. The first-order valence-corrected chi connectivity index (χ1v) is 8.18. The predicted molar refractivity (Wildman–Crippen MR) is 88.6 cm³/mol. The molecule has 0 saturated carbocycles. The summed E-state index contributed by atoms with van der Waals surface area (Å²) in [4.78, 5) is 21.0. The van der Waals surface area contributed by atoms with Gasteiger partial charge in [0.25, 0.3) is 5.91 Å². The number of amides is 1. The zero-order chi connectivity index (χ0) is 17.2. The maximum Gasteiger partial charge on any atom is 0.272 e. The Bertz CT molecular complexity index is 854. The van der Waals surface area contributed by atoms with E-state index in [1.54, 1.807) is 41.2 Å². The summed E-state index contributed by atoms with van der Waals surface area (Å²) in [7, 11) is 0. The molecule has 1 aromatic carbocycles. The fourth-order valence-electron chi connectivity index (χ4n) is 3.08. The van der Waals surface area contributed by atoms with Gasteiger partial charge >= 0.3 is 0 Å². The third-order valence-corrected chi connectivity index (χ3v) is 4.32. The number of carbonyl (C=O) groups excluding carboxylic acids is 1. The highest BCUT2D eigenvalue weighted by atomic mass is 19.1. The number of benzene rings is 1. The Hall–Kier alpha value is -2.80. The van der Waals surface area contributed by atoms with Gasteiger partial charge in [-0.2, -0.15) is 0 Å². The van der Waals surface area contributed by atoms with Crippen LogP contribution in [0.3, 0.4) is 0 Å². The van der Waals surface area contributed by atoms with Crippen molar-refractivity contribution in [3.05, 3.63) is 66.0 Å². The van der Waals surface area contributed by atoms with Crippen LogP contribution in [0, 0.1) is 5.82 Å². The Morgan fingerprint density at radius 3 is 2.92 bits per heavy atom. The molecule has 0 bridgehead atoms. The molecule has 3 aromatic rings. The molecule has 1 fully saturated rings. The molecule has 1 saturated heterocycles. The van der Waals surface area contributed by atoms with E-state index in [-0.39, 0.29) is 29.6 Å². The number of hydrogen-bond donors (Lipinski definition) is 1. The van der Waals surface area contributed by atoms with E-state index in [0.717, 1.165) is 18.4 Å². The minimum atomic E-state index is -0.353. The lowest BCUT2D eigenvalue weighted by atomic mass is 9.99. The molecule has 0 aliphatic carbocycles. The maximum atomic E-state index is 13.2. The SMILES string of the molecule is O=C(N[C@@H](c1ccc(F)cc1)[C@@H]1CCCO1)c1cn2cccnc2n1. The monoisotopic (exact) mass is 340 g/mol. The van der Waals surface area contributed by atoms with Crippen LogP contribution in [0.2, 0.25) is 0 Å². The van der Waals surface area contributed by atoms with Gasteiger partial charge in [-0.05, 0) is 36.6 Å². The number of hydrogen-bond acceptors (Lipinski definition) is 4. The van der Waals surface area contributed by atoms with E-state index in [4.69, 9.17) is 4.74 Å². The molecular formula is C18H17FN4O2. The number of halogens is 1. The first-order valence-electron chi connectivity index (χ1n) is 8.18. The van der Waals surface area contributed by atoms with Crippen LogP contribution in [0.5, 0.6) is 0 Å². The third-order valence-electron chi connectivity index (χ3n) is 4.32. The molecule has 6 nitrogen and oxygen atoms in total. The van der Waals surface area contributed by atoms with Gasteiger partial charge in [-0.25, -0.2) is 14.4 Å². The minimum Gasteiger partial charge on any atom is -0.376 e. The van der Waals surface area contributed by atoms with Gasteiger partial charge in [0.2, 0.25) is 5.78 Å². The number of aromatic nitrogens is 3. The summed E-state index contributed by atoms with van der Waals surface area (Å²) in [5, 5.41) is 2.98. The summed E-state index contributed by atoms with van der Waals surface area (Å²) in [5.74, 6) is -0.161. The standard InChI is InChI=1S/C18H17FN4O2/c19-13-6-4-12(5-7-13)16(15-3-1-10-25-15)22-17(24)14-11-23-9-2-8-20-18(23)21-14/h2,4-9,11,15-16H,1,3,10H2,(H,22,24)/t15-,16-/m0/s1. The zero-order valence-corrected chi connectivity index (χ0v) is 13.4. The van der Waals surface area contributed by atoms with Crippen molar-refractivity contribution in [3.8, 4) is 0 Å². The summed E-state index contributed by atoms with van der Waals surface area (Å²) in [6.07, 6.45) is 6.69. The highest BCUT2D eigenvalue weighted by Gasteiger charge is 2.29. The number of rotatable bonds is 4. The lowest BCUT2D eigenvalue weighted by Gasteiger charge is -2.24. The predicted octanol–water partition coefficient (Wildman–Crippen LogP) is 2.52. The normalized spacial score (nSPS) is 18.4. The van der Waals surface area contributed by atoms with Gasteiger partial charge in [0.15, 0.2) is 0 Å². The van der Waals surface area contributed by atoms with Crippen molar-refractivity contribution in [2.24, 2.45) is 0 Å². The molecule has 0 unspecified atom stereocenters. The van der Waals surface area contributed by atoms with Crippen LogP contribution in [0.25, 0.3) is 5.78 Å². The second kappa shape index (κ2) is 6.60. The van der Waals surface area contributed by atoms with Gasteiger partial charge in [0.1, 0.15) is 11.5 Å². The smallest absolute Gasteiger partial charge is 0.272 e. The molecule has 3 heterocycles. The summed E-state index contributed by atoms with van der Waals surface area (Å²) < 4.78 is 20.7. The van der Waals surface area contributed by atoms with E-state index in [2.05, 4.69) is 15.3 Å². The largest absolute Gasteiger partial charge is 0.376 e. The number of carbonyl (C=O) groups is 1. The first-order chi connectivity index (χ1) is 12.2. The molecule has 2 atom stereocenters. The number of nitrogens with one attached hydrogen (secondary N) is 1. The fourth-order valence-corrected chi connectivity index (χ4v) is 3.08. The molecule has 2 aromatic heterocycles. The van der Waals surface area contributed by atoms with Crippen LogP contribution in [0.1, 0.15) is 34.9 Å². The quantitative estimate of drug-likeness (QED) is 0.792. The topological polar surface area (TPSA) is 68.5 Å². The van der Waals surface area contributed by atoms with Crippen LogP contribution >= 0.6 is 0 Å². The molecule has 1 amide bonds. The van der Waals surface area contributed by atoms with Gasteiger partial charge in [-0.1, -0.05) is 12.1 Å². The van der Waals surface area contributed by atoms with Crippen LogP contribution in [-0.2, 0) is 4.74 Å². The van der Waals surface area contributed by atoms with E-state index in [9.17, 15) is 9.18 Å². The van der Waals surface area contributed by atoms with E-state index in [1.807, 2.05) is 0 Å². The van der Waals surface area contributed by atoms with Gasteiger partial charge < -0.3 is 10.1 Å². The van der Waals surface area contributed by atoms with Crippen molar-refractivity contribution in [2.45, 2.75) is 25.0 Å². The number of fused-ring (bicyclic) bond motifs is 1. The second-order valence-electron chi connectivity index (χ2n) is 6.01. The number of imidazole rings is 1. The summed E-state index contributed by atoms with van der Waals surface area (Å²) >= 11 is 0. The average Bonchev–Trinajstić information content (AvgIpc) is 3.30. The molecule has 1 aliphatic rings. The van der Waals surface area contributed by atoms with E-state index >= 15 is 0 Å². The lowest BCUT2D eigenvalue weighted by Crippen LogP contribution is -2.36. The van der Waals surface area contributed by atoms with Crippen LogP contribution in [0.4, 0.5) is 4.39 Å². The third kappa shape index (κ3) is 3.23. The molecule has 25 heavy (non-hydrogen) atoms. The second-order valence-corrected chi connectivity index (χ2v) is 6.01. The highest BCUT2D eigenvalue weighted by molar-refractivity contribution is 5.93. The van der Waals surface area contributed by atoms with Crippen molar-refractivity contribution in [1.29, 1.82) is 0 Å². The first kappa shape index (κ1) is 15.7. The maximum absolute atomic E-state index is 13.2. The Morgan fingerprint density at radius 2 is 2.20 bits per heavy atom. The molecule has 4 rings (SSSR count). The molecule has 128 valence electrons. The fraction of sp³-hybridized carbons (Fsp3) is 0.278. The van der Waals surface area contributed by atoms with Gasteiger partial charge in [-0.3, -0.25) is 9.20 Å². The Kier molecular flexibility index (Phi) is 4.15. The molecule has 1 aliphatic heterocycles. The molecule has 1 N–H and O–H groups in total. The minimum absolute atomic E-state index is 0.135. The molecule has 0 spiro atoms. The Balaban J connectivity index is 1.60. The van der Waals surface area contributed by atoms with Crippen LogP contribution < -0.4 is 5.32 Å². The molecule has 0 radical (unpaired) electrons. The van der Waals surface area contributed by atoms with Crippen molar-refractivity contribution in [3.63, 3.8) is 0 Å². The molecule has 7 heteroatoms. The zero-order valence-electron chi connectivity index (χ0n) is 13.4.